The van der Waals surface area contributed by atoms with Crippen LogP contribution < -0.4 is 10.2 Å². The van der Waals surface area contributed by atoms with Gasteiger partial charge in [-0.3, -0.25) is 9.59 Å². The van der Waals surface area contributed by atoms with Crippen molar-refractivity contribution < 1.29 is 9.59 Å². The molecule has 0 saturated carbocycles. The summed E-state index contributed by atoms with van der Waals surface area (Å²) in [6.07, 6.45) is 3.26. The van der Waals surface area contributed by atoms with E-state index in [0.717, 1.165) is 30.5 Å². The highest BCUT2D eigenvalue weighted by atomic mass is 16.1. The van der Waals surface area contributed by atoms with Crippen molar-refractivity contribution in [3.05, 3.63) is 29.8 Å². The number of carbonyl (C=O) groups excluding carboxylic acids is 2. The van der Waals surface area contributed by atoms with Gasteiger partial charge in [0.15, 0.2) is 0 Å². The summed E-state index contributed by atoms with van der Waals surface area (Å²) in [5, 5.41) is 2.74. The van der Waals surface area contributed by atoms with Crippen molar-refractivity contribution in [2.45, 2.75) is 18.9 Å². The number of nitrogens with one attached hydrogen (secondary N) is 1. The average molecular weight is 218 g/mol. The lowest BCUT2D eigenvalue weighted by atomic mass is 10.1. The Morgan fingerprint density at radius 2 is 2.12 bits per heavy atom. The van der Waals surface area contributed by atoms with Crippen molar-refractivity contribution >= 4 is 18.5 Å². The van der Waals surface area contributed by atoms with E-state index < -0.39 is 0 Å². The minimum absolute atomic E-state index is 0.0371. The van der Waals surface area contributed by atoms with Crippen LogP contribution in [0.15, 0.2) is 24.3 Å². The van der Waals surface area contributed by atoms with Crippen molar-refractivity contribution in [1.29, 1.82) is 0 Å². The fourth-order valence-electron chi connectivity index (χ4n) is 2.09. The molecule has 1 heterocycles. The van der Waals surface area contributed by atoms with Crippen molar-refractivity contribution in [3.8, 4) is 0 Å². The number of para-hydroxylation sites is 1. The molecule has 16 heavy (non-hydrogen) atoms. The van der Waals surface area contributed by atoms with Gasteiger partial charge in [0.2, 0.25) is 12.8 Å². The lowest BCUT2D eigenvalue weighted by Crippen LogP contribution is -2.39. The number of fused-ring (bicyclic) bond motifs is 1. The van der Waals surface area contributed by atoms with Crippen LogP contribution in [0.2, 0.25) is 0 Å². The molecule has 1 unspecified atom stereocenters. The van der Waals surface area contributed by atoms with Crippen LogP contribution in [0.5, 0.6) is 0 Å². The third kappa shape index (κ3) is 2.05. The second kappa shape index (κ2) is 4.79. The van der Waals surface area contributed by atoms with E-state index >= 15 is 0 Å². The first-order valence-electron chi connectivity index (χ1n) is 5.34. The van der Waals surface area contributed by atoms with Crippen molar-refractivity contribution in [1.82, 2.24) is 5.32 Å². The summed E-state index contributed by atoms with van der Waals surface area (Å²) in [4.78, 5) is 23.1. The molecule has 0 aromatic heterocycles. The lowest BCUT2D eigenvalue weighted by Gasteiger charge is -2.20. The van der Waals surface area contributed by atoms with Crippen LogP contribution in [0, 0.1) is 0 Å². The van der Waals surface area contributed by atoms with Crippen molar-refractivity contribution in [2.75, 3.05) is 11.4 Å². The highest BCUT2D eigenvalue weighted by Gasteiger charge is 2.20. The minimum atomic E-state index is 0.0371. The Hall–Kier alpha value is -1.84. The molecule has 4 heteroatoms. The van der Waals surface area contributed by atoms with E-state index in [1.807, 2.05) is 24.3 Å². The summed E-state index contributed by atoms with van der Waals surface area (Å²) in [5.74, 6) is 0. The molecule has 0 bridgehead atoms. The van der Waals surface area contributed by atoms with Gasteiger partial charge in [-0.15, -0.1) is 0 Å². The molecule has 1 atom stereocenters. The van der Waals surface area contributed by atoms with Crippen LogP contribution in [0.4, 0.5) is 5.69 Å². The first-order chi connectivity index (χ1) is 7.85. The van der Waals surface area contributed by atoms with E-state index in [4.69, 9.17) is 0 Å². The van der Waals surface area contributed by atoms with Crippen LogP contribution >= 0.6 is 0 Å². The molecule has 0 spiro atoms. The first kappa shape index (κ1) is 10.7. The number of nitrogens with zero attached hydrogens (tertiary/aromatic N) is 1. The standard InChI is InChI=1S/C12H14N2O2/c15-8-13-11-6-5-10-3-1-2-4-12(10)14(7-11)9-16/h1-4,8-9,11H,5-7H2,(H,13,15). The number of anilines is 1. The van der Waals surface area contributed by atoms with Gasteiger partial charge in [-0.1, -0.05) is 18.2 Å². The van der Waals surface area contributed by atoms with Gasteiger partial charge in [-0.25, -0.2) is 0 Å². The maximum absolute atomic E-state index is 11.0. The highest BCUT2D eigenvalue weighted by molar-refractivity contribution is 5.77. The molecule has 84 valence electrons. The Balaban J connectivity index is 2.27. The van der Waals surface area contributed by atoms with Gasteiger partial charge in [0.05, 0.1) is 0 Å². The molecular formula is C12H14N2O2. The van der Waals surface area contributed by atoms with Gasteiger partial charge in [0.1, 0.15) is 0 Å². The fourth-order valence-corrected chi connectivity index (χ4v) is 2.09. The molecule has 1 N–H and O–H groups in total. The van der Waals surface area contributed by atoms with Gasteiger partial charge in [-0.05, 0) is 24.5 Å². The molecule has 1 aromatic carbocycles. The average Bonchev–Trinajstić information content (AvgIpc) is 2.50. The summed E-state index contributed by atoms with van der Waals surface area (Å²) in [5.41, 5.74) is 2.11. The Morgan fingerprint density at radius 3 is 2.88 bits per heavy atom. The molecule has 0 aliphatic carbocycles. The maximum atomic E-state index is 11.0. The Morgan fingerprint density at radius 1 is 1.31 bits per heavy atom. The summed E-state index contributed by atoms with van der Waals surface area (Å²) in [7, 11) is 0. The zero-order chi connectivity index (χ0) is 11.4. The molecule has 4 nitrogen and oxygen atoms in total. The van der Waals surface area contributed by atoms with Crippen LogP contribution in [0.3, 0.4) is 0 Å². The van der Waals surface area contributed by atoms with E-state index in [0.29, 0.717) is 13.0 Å². The Kier molecular flexibility index (Phi) is 3.19. The largest absolute Gasteiger partial charge is 0.354 e. The molecule has 1 aliphatic heterocycles. The second-order valence-corrected chi connectivity index (χ2v) is 3.91. The summed E-state index contributed by atoms with van der Waals surface area (Å²) < 4.78 is 0. The number of carbonyl (C=O) groups is 2. The summed E-state index contributed by atoms with van der Waals surface area (Å²) >= 11 is 0. The lowest BCUT2D eigenvalue weighted by molar-refractivity contribution is -0.110. The molecule has 2 rings (SSSR count). The van der Waals surface area contributed by atoms with E-state index in [1.54, 1.807) is 4.90 Å². The van der Waals surface area contributed by atoms with Gasteiger partial charge >= 0.3 is 0 Å². The third-order valence-electron chi connectivity index (χ3n) is 2.91. The molecular weight excluding hydrogens is 204 g/mol. The fraction of sp³-hybridized carbons (Fsp3) is 0.333. The number of hydrogen-bond donors (Lipinski definition) is 1. The zero-order valence-corrected chi connectivity index (χ0v) is 8.93. The van der Waals surface area contributed by atoms with E-state index in [2.05, 4.69) is 5.32 Å². The highest BCUT2D eigenvalue weighted by Crippen LogP contribution is 2.24. The van der Waals surface area contributed by atoms with Gasteiger partial charge in [-0.2, -0.15) is 0 Å². The Labute approximate surface area is 94.2 Å². The molecule has 1 aromatic rings. The van der Waals surface area contributed by atoms with Gasteiger partial charge < -0.3 is 10.2 Å². The molecule has 0 saturated heterocycles. The molecule has 0 radical (unpaired) electrons. The van der Waals surface area contributed by atoms with E-state index in [9.17, 15) is 9.59 Å². The number of hydrogen-bond acceptors (Lipinski definition) is 2. The third-order valence-corrected chi connectivity index (χ3v) is 2.91. The Bertz CT molecular complexity index is 392. The number of rotatable bonds is 3. The minimum Gasteiger partial charge on any atom is -0.354 e. The SMILES string of the molecule is O=CNC1CCc2ccccc2N(C=O)C1. The smallest absolute Gasteiger partial charge is 0.214 e. The van der Waals surface area contributed by atoms with Gasteiger partial charge in [0, 0.05) is 18.3 Å². The van der Waals surface area contributed by atoms with E-state index in [-0.39, 0.29) is 6.04 Å². The van der Waals surface area contributed by atoms with E-state index in [1.165, 1.54) is 0 Å². The predicted molar refractivity (Wildman–Crippen MR) is 61.2 cm³/mol. The van der Waals surface area contributed by atoms with Crippen LogP contribution in [0.1, 0.15) is 12.0 Å². The first-order valence-corrected chi connectivity index (χ1v) is 5.34. The normalized spacial score (nSPS) is 19.5. The number of benzene rings is 1. The zero-order valence-electron chi connectivity index (χ0n) is 8.93. The molecule has 1 aliphatic rings. The summed E-state index contributed by atoms with van der Waals surface area (Å²) in [6, 6.07) is 7.88. The van der Waals surface area contributed by atoms with Crippen LogP contribution in [-0.2, 0) is 16.0 Å². The quantitative estimate of drug-likeness (QED) is 0.760. The van der Waals surface area contributed by atoms with Crippen LogP contribution in [0.25, 0.3) is 0 Å². The topological polar surface area (TPSA) is 49.4 Å². The van der Waals surface area contributed by atoms with Gasteiger partial charge in [0.25, 0.3) is 0 Å². The number of amides is 2. The molecule has 2 amide bonds. The maximum Gasteiger partial charge on any atom is 0.214 e. The van der Waals surface area contributed by atoms with Crippen LogP contribution in [-0.4, -0.2) is 25.4 Å². The monoisotopic (exact) mass is 218 g/mol. The predicted octanol–water partition coefficient (Wildman–Crippen LogP) is 0.710. The van der Waals surface area contributed by atoms with Crippen molar-refractivity contribution in [2.24, 2.45) is 0 Å². The summed E-state index contributed by atoms with van der Waals surface area (Å²) in [6.45, 7) is 0.541. The molecule has 0 fully saturated rings. The number of aryl methyl sites for hydroxylation is 1. The van der Waals surface area contributed by atoms with Crippen molar-refractivity contribution in [3.63, 3.8) is 0 Å². The second-order valence-electron chi connectivity index (χ2n) is 3.91.